The first-order chi connectivity index (χ1) is 13.1. The number of pyridine rings is 1. The largest absolute Gasteiger partial charge is 0.450 e. The van der Waals surface area contributed by atoms with Crippen LogP contribution in [0, 0.1) is 6.92 Å². The van der Waals surface area contributed by atoms with Crippen molar-refractivity contribution >= 4 is 22.7 Å². The molecule has 5 rings (SSSR count). The highest BCUT2D eigenvalue weighted by Gasteiger charge is 2.44. The van der Waals surface area contributed by atoms with Gasteiger partial charge in [0, 0.05) is 18.5 Å². The monoisotopic (exact) mass is 359 g/mol. The van der Waals surface area contributed by atoms with Gasteiger partial charge in [-0.25, -0.2) is 0 Å². The molecule has 1 aliphatic rings. The number of amides is 1. The summed E-state index contributed by atoms with van der Waals surface area (Å²) in [6.45, 7) is 1.74. The predicted octanol–water partition coefficient (Wildman–Crippen LogP) is 3.23. The van der Waals surface area contributed by atoms with Gasteiger partial charge in [-0.3, -0.25) is 19.5 Å². The van der Waals surface area contributed by atoms with Crippen LogP contribution in [0.15, 0.2) is 68.6 Å². The highest BCUT2D eigenvalue weighted by molar-refractivity contribution is 6.10. The Labute approximate surface area is 152 Å². The van der Waals surface area contributed by atoms with Crippen molar-refractivity contribution in [3.63, 3.8) is 0 Å². The summed E-state index contributed by atoms with van der Waals surface area (Å²) in [6, 6.07) is 11.4. The average Bonchev–Trinajstić information content (AvgIpc) is 3.24. The molecular weight excluding hydrogens is 346 g/mol. The first kappa shape index (κ1) is 15.5. The maximum absolute atomic E-state index is 13.2. The highest BCUT2D eigenvalue weighted by Crippen LogP contribution is 2.40. The van der Waals surface area contributed by atoms with Crippen molar-refractivity contribution in [1.29, 1.82) is 0 Å². The van der Waals surface area contributed by atoms with E-state index in [9.17, 15) is 9.59 Å². The van der Waals surface area contributed by atoms with Crippen molar-refractivity contribution in [3.8, 4) is 0 Å². The van der Waals surface area contributed by atoms with Gasteiger partial charge in [0.1, 0.15) is 11.3 Å². The second-order valence-electron chi connectivity index (χ2n) is 6.32. The first-order valence-corrected chi connectivity index (χ1v) is 8.37. The number of carbonyl (C=O) groups is 1. The molecule has 0 saturated heterocycles. The van der Waals surface area contributed by atoms with Gasteiger partial charge >= 0.3 is 0 Å². The van der Waals surface area contributed by atoms with Crippen molar-refractivity contribution in [2.45, 2.75) is 13.0 Å². The summed E-state index contributed by atoms with van der Waals surface area (Å²) in [5, 5.41) is 4.41. The molecule has 0 radical (unpaired) electrons. The van der Waals surface area contributed by atoms with E-state index in [4.69, 9.17) is 8.94 Å². The molecule has 7 nitrogen and oxygen atoms in total. The quantitative estimate of drug-likeness (QED) is 0.546. The summed E-state index contributed by atoms with van der Waals surface area (Å²) in [5.41, 5.74) is 1.18. The van der Waals surface area contributed by atoms with Crippen LogP contribution in [0.2, 0.25) is 0 Å². The number of carbonyl (C=O) groups excluding carboxylic acids is 1. The van der Waals surface area contributed by atoms with Crippen LogP contribution in [-0.2, 0) is 0 Å². The molecule has 3 aromatic heterocycles. The molecule has 0 bridgehead atoms. The van der Waals surface area contributed by atoms with E-state index in [0.717, 1.165) is 5.56 Å². The number of aromatic nitrogens is 2. The fraction of sp³-hybridized carbons (Fsp3) is 0.100. The standard InChI is InChI=1S/C20H13N3O4/c1-11-10-15(22-27-11)23-17(12-6-8-21-9-7-12)16-18(24)13-4-2-3-5-14(13)26-19(16)20(23)25/h2-10,17H,1H3. The van der Waals surface area contributed by atoms with Gasteiger partial charge in [0.25, 0.3) is 5.91 Å². The lowest BCUT2D eigenvalue weighted by atomic mass is 9.99. The van der Waals surface area contributed by atoms with Gasteiger partial charge in [-0.2, -0.15) is 0 Å². The van der Waals surface area contributed by atoms with Crippen molar-refractivity contribution in [1.82, 2.24) is 10.1 Å². The predicted molar refractivity (Wildman–Crippen MR) is 96.6 cm³/mol. The Morgan fingerprint density at radius 3 is 2.59 bits per heavy atom. The number of anilines is 1. The number of rotatable bonds is 2. The van der Waals surface area contributed by atoms with Crippen molar-refractivity contribution < 1.29 is 13.7 Å². The van der Waals surface area contributed by atoms with Crippen LogP contribution in [0.5, 0.6) is 0 Å². The minimum atomic E-state index is -0.666. The summed E-state index contributed by atoms with van der Waals surface area (Å²) in [4.78, 5) is 31.9. The number of hydrogen-bond acceptors (Lipinski definition) is 6. The van der Waals surface area contributed by atoms with Gasteiger partial charge < -0.3 is 8.94 Å². The Morgan fingerprint density at radius 2 is 1.85 bits per heavy atom. The molecule has 1 amide bonds. The van der Waals surface area contributed by atoms with Crippen LogP contribution < -0.4 is 10.3 Å². The van der Waals surface area contributed by atoms with Gasteiger partial charge in [-0.15, -0.1) is 0 Å². The molecule has 0 saturated carbocycles. The van der Waals surface area contributed by atoms with Crippen LogP contribution in [0.25, 0.3) is 11.0 Å². The fourth-order valence-corrected chi connectivity index (χ4v) is 3.48. The third-order valence-electron chi connectivity index (χ3n) is 4.66. The van der Waals surface area contributed by atoms with Crippen LogP contribution in [0.3, 0.4) is 0 Å². The maximum atomic E-state index is 13.2. The van der Waals surface area contributed by atoms with Gasteiger partial charge in [0.05, 0.1) is 17.0 Å². The molecule has 0 spiro atoms. The second kappa shape index (κ2) is 5.63. The van der Waals surface area contributed by atoms with Crippen molar-refractivity contribution in [3.05, 3.63) is 87.7 Å². The number of nitrogens with zero attached hydrogens (tertiary/aromatic N) is 3. The van der Waals surface area contributed by atoms with Crippen LogP contribution >= 0.6 is 0 Å². The molecule has 7 heteroatoms. The first-order valence-electron chi connectivity index (χ1n) is 8.37. The third kappa shape index (κ3) is 2.21. The molecule has 0 aliphatic carbocycles. The number of fused-ring (bicyclic) bond motifs is 2. The zero-order valence-electron chi connectivity index (χ0n) is 14.2. The lowest BCUT2D eigenvalue weighted by Crippen LogP contribution is -2.29. The van der Waals surface area contributed by atoms with Gasteiger partial charge in [0.2, 0.25) is 5.76 Å². The van der Waals surface area contributed by atoms with Crippen LogP contribution in [-0.4, -0.2) is 16.0 Å². The number of hydrogen-bond donors (Lipinski definition) is 0. The van der Waals surface area contributed by atoms with Gasteiger partial charge in [0.15, 0.2) is 11.2 Å². The lowest BCUT2D eigenvalue weighted by molar-refractivity contribution is 0.0969. The maximum Gasteiger partial charge on any atom is 0.296 e. The van der Waals surface area contributed by atoms with E-state index in [1.807, 2.05) is 0 Å². The molecule has 1 unspecified atom stereocenters. The van der Waals surface area contributed by atoms with E-state index >= 15 is 0 Å². The molecule has 1 atom stereocenters. The molecule has 0 N–H and O–H groups in total. The fourth-order valence-electron chi connectivity index (χ4n) is 3.48. The van der Waals surface area contributed by atoms with E-state index in [0.29, 0.717) is 28.1 Å². The SMILES string of the molecule is Cc1cc(N2C(=O)c3oc4ccccc4c(=O)c3C2c2ccncc2)no1. The van der Waals surface area contributed by atoms with Crippen LogP contribution in [0.4, 0.5) is 5.82 Å². The molecule has 4 heterocycles. The smallest absolute Gasteiger partial charge is 0.296 e. The minimum Gasteiger partial charge on any atom is -0.450 e. The summed E-state index contributed by atoms with van der Waals surface area (Å²) in [5.74, 6) is 0.491. The molecule has 1 aromatic carbocycles. The molecule has 0 fully saturated rings. The zero-order chi connectivity index (χ0) is 18.5. The van der Waals surface area contributed by atoms with E-state index in [2.05, 4.69) is 10.1 Å². The zero-order valence-corrected chi connectivity index (χ0v) is 14.2. The Kier molecular flexibility index (Phi) is 3.24. The van der Waals surface area contributed by atoms with E-state index in [-0.39, 0.29) is 11.2 Å². The summed E-state index contributed by atoms with van der Waals surface area (Å²) >= 11 is 0. The van der Waals surface area contributed by atoms with E-state index in [1.54, 1.807) is 61.8 Å². The highest BCUT2D eigenvalue weighted by atomic mass is 16.5. The van der Waals surface area contributed by atoms with E-state index in [1.165, 1.54) is 4.90 Å². The molecule has 4 aromatic rings. The summed E-state index contributed by atoms with van der Waals surface area (Å²) in [7, 11) is 0. The van der Waals surface area contributed by atoms with Crippen molar-refractivity contribution in [2.24, 2.45) is 0 Å². The Bertz CT molecular complexity index is 1240. The summed E-state index contributed by atoms with van der Waals surface area (Å²) < 4.78 is 11.0. The number of benzene rings is 1. The Morgan fingerprint density at radius 1 is 1.07 bits per heavy atom. The van der Waals surface area contributed by atoms with E-state index < -0.39 is 11.9 Å². The topological polar surface area (TPSA) is 89.4 Å². The average molecular weight is 359 g/mol. The Balaban J connectivity index is 1.84. The lowest BCUT2D eigenvalue weighted by Gasteiger charge is -2.22. The molecule has 27 heavy (non-hydrogen) atoms. The number of aryl methyl sites for hydroxylation is 1. The van der Waals surface area contributed by atoms with Gasteiger partial charge in [-0.1, -0.05) is 17.3 Å². The third-order valence-corrected chi connectivity index (χ3v) is 4.66. The van der Waals surface area contributed by atoms with Crippen molar-refractivity contribution in [2.75, 3.05) is 4.90 Å². The Hall–Kier alpha value is -3.74. The van der Waals surface area contributed by atoms with Crippen LogP contribution in [0.1, 0.15) is 33.5 Å². The molecule has 132 valence electrons. The minimum absolute atomic E-state index is 0.0289. The summed E-state index contributed by atoms with van der Waals surface area (Å²) in [6.07, 6.45) is 3.24. The molecule has 1 aliphatic heterocycles. The molecular formula is C20H13N3O4. The second-order valence-corrected chi connectivity index (χ2v) is 6.32. The number of para-hydroxylation sites is 1. The normalized spacial score (nSPS) is 16.1. The van der Waals surface area contributed by atoms with Gasteiger partial charge in [-0.05, 0) is 36.8 Å².